The van der Waals surface area contributed by atoms with Crippen LogP contribution in [0, 0.1) is 5.82 Å². The minimum absolute atomic E-state index is 0.129. The van der Waals surface area contributed by atoms with E-state index in [4.69, 9.17) is 4.52 Å². The van der Waals surface area contributed by atoms with Gasteiger partial charge < -0.3 is 4.52 Å². The number of nitrogens with one attached hydrogen (secondary N) is 1. The molecule has 0 bridgehead atoms. The van der Waals surface area contributed by atoms with Crippen molar-refractivity contribution in [1.82, 2.24) is 14.9 Å². The number of thiophene rings is 1. The average molecular weight is 353 g/mol. The summed E-state index contributed by atoms with van der Waals surface area (Å²) in [5.41, 5.74) is 0.578. The SMILES string of the molecule is CC(NS(=O)(=O)c1cccs1)c1nc(-c2ccc(F)cc2)no1. The van der Waals surface area contributed by atoms with Crippen LogP contribution >= 0.6 is 11.3 Å². The van der Waals surface area contributed by atoms with E-state index in [1.165, 1.54) is 30.3 Å². The van der Waals surface area contributed by atoms with Gasteiger partial charge in [0.2, 0.25) is 11.7 Å². The van der Waals surface area contributed by atoms with Gasteiger partial charge in [-0.25, -0.2) is 12.8 Å². The smallest absolute Gasteiger partial charge is 0.250 e. The minimum Gasteiger partial charge on any atom is -0.337 e. The van der Waals surface area contributed by atoms with Gasteiger partial charge in [-0.3, -0.25) is 0 Å². The third kappa shape index (κ3) is 3.46. The molecule has 0 saturated carbocycles. The number of benzene rings is 1. The number of sulfonamides is 1. The van der Waals surface area contributed by atoms with Crippen molar-refractivity contribution in [1.29, 1.82) is 0 Å². The lowest BCUT2D eigenvalue weighted by atomic mass is 10.2. The largest absolute Gasteiger partial charge is 0.337 e. The Hall–Kier alpha value is -2.10. The normalized spacial score (nSPS) is 13.1. The van der Waals surface area contributed by atoms with Gasteiger partial charge in [0, 0.05) is 5.56 Å². The van der Waals surface area contributed by atoms with E-state index in [1.54, 1.807) is 18.4 Å². The highest BCUT2D eigenvalue weighted by Gasteiger charge is 2.23. The van der Waals surface area contributed by atoms with Crippen LogP contribution in [0.1, 0.15) is 18.9 Å². The van der Waals surface area contributed by atoms with Crippen molar-refractivity contribution in [3.8, 4) is 11.4 Å². The van der Waals surface area contributed by atoms with Crippen molar-refractivity contribution >= 4 is 21.4 Å². The van der Waals surface area contributed by atoms with E-state index in [2.05, 4.69) is 14.9 Å². The Labute approximate surface area is 136 Å². The molecular formula is C14H12FN3O3S2. The lowest BCUT2D eigenvalue weighted by Gasteiger charge is -2.08. The Kier molecular flexibility index (Phi) is 4.24. The molecule has 0 aliphatic carbocycles. The van der Waals surface area contributed by atoms with Crippen LogP contribution < -0.4 is 4.72 Å². The number of hydrogen-bond donors (Lipinski definition) is 1. The summed E-state index contributed by atoms with van der Waals surface area (Å²) in [4.78, 5) is 4.15. The Bertz CT molecular complexity index is 890. The summed E-state index contributed by atoms with van der Waals surface area (Å²) in [5, 5.41) is 5.47. The first kappa shape index (κ1) is 15.8. The molecule has 120 valence electrons. The van der Waals surface area contributed by atoms with Crippen molar-refractivity contribution < 1.29 is 17.3 Å². The molecule has 1 N–H and O–H groups in total. The second kappa shape index (κ2) is 6.19. The number of rotatable bonds is 5. The van der Waals surface area contributed by atoms with Crippen LogP contribution in [0.3, 0.4) is 0 Å². The van der Waals surface area contributed by atoms with Gasteiger partial charge in [0.05, 0.1) is 6.04 Å². The molecule has 0 radical (unpaired) electrons. The molecular weight excluding hydrogens is 341 g/mol. The zero-order valence-corrected chi connectivity index (χ0v) is 13.6. The fourth-order valence-electron chi connectivity index (χ4n) is 1.88. The first-order valence-corrected chi connectivity index (χ1v) is 8.97. The predicted molar refractivity (Wildman–Crippen MR) is 82.7 cm³/mol. The van der Waals surface area contributed by atoms with E-state index < -0.39 is 16.1 Å². The summed E-state index contributed by atoms with van der Waals surface area (Å²) in [6.07, 6.45) is 0. The van der Waals surface area contributed by atoms with E-state index in [1.807, 2.05) is 0 Å². The van der Waals surface area contributed by atoms with Crippen LogP contribution in [0.4, 0.5) is 4.39 Å². The van der Waals surface area contributed by atoms with Gasteiger partial charge in [0.1, 0.15) is 10.0 Å². The van der Waals surface area contributed by atoms with Crippen molar-refractivity contribution in [3.63, 3.8) is 0 Å². The van der Waals surface area contributed by atoms with Gasteiger partial charge in [0.15, 0.2) is 0 Å². The molecule has 0 fully saturated rings. The molecule has 23 heavy (non-hydrogen) atoms. The highest BCUT2D eigenvalue weighted by Crippen LogP contribution is 2.22. The first-order chi connectivity index (χ1) is 11.0. The molecule has 0 aliphatic rings. The average Bonchev–Trinajstić information content (AvgIpc) is 3.20. The molecule has 0 spiro atoms. The maximum atomic E-state index is 12.9. The first-order valence-electron chi connectivity index (χ1n) is 6.61. The second-order valence-corrected chi connectivity index (χ2v) is 7.63. The molecule has 0 aliphatic heterocycles. The molecule has 0 amide bonds. The summed E-state index contributed by atoms with van der Waals surface area (Å²) in [5.74, 6) is 0.0289. The zero-order valence-electron chi connectivity index (χ0n) is 11.9. The van der Waals surface area contributed by atoms with Crippen molar-refractivity contribution in [2.45, 2.75) is 17.2 Å². The van der Waals surface area contributed by atoms with Crippen molar-refractivity contribution in [3.05, 3.63) is 53.5 Å². The maximum Gasteiger partial charge on any atom is 0.250 e. The lowest BCUT2D eigenvalue weighted by Crippen LogP contribution is -2.26. The van der Waals surface area contributed by atoms with Crippen LogP contribution in [0.15, 0.2) is 50.5 Å². The van der Waals surface area contributed by atoms with Crippen molar-refractivity contribution in [2.24, 2.45) is 0 Å². The van der Waals surface area contributed by atoms with Gasteiger partial charge in [-0.1, -0.05) is 11.2 Å². The Morgan fingerprint density at radius 1 is 1.26 bits per heavy atom. The fourth-order valence-corrected chi connectivity index (χ4v) is 4.09. The number of hydrogen-bond acceptors (Lipinski definition) is 6. The molecule has 2 aromatic heterocycles. The molecule has 1 unspecified atom stereocenters. The van der Waals surface area contributed by atoms with Gasteiger partial charge in [-0.15, -0.1) is 11.3 Å². The number of aromatic nitrogens is 2. The summed E-state index contributed by atoms with van der Waals surface area (Å²) < 4.78 is 45.0. The van der Waals surface area contributed by atoms with E-state index in [9.17, 15) is 12.8 Å². The van der Waals surface area contributed by atoms with Gasteiger partial charge >= 0.3 is 0 Å². The maximum absolute atomic E-state index is 12.9. The predicted octanol–water partition coefficient (Wildman–Crippen LogP) is 2.98. The Morgan fingerprint density at radius 2 is 2.00 bits per heavy atom. The molecule has 2 heterocycles. The highest BCUT2D eigenvalue weighted by molar-refractivity contribution is 7.91. The van der Waals surface area contributed by atoms with Gasteiger partial charge in [-0.05, 0) is 42.6 Å². The topological polar surface area (TPSA) is 85.1 Å². The molecule has 3 aromatic rings. The molecule has 6 nitrogen and oxygen atoms in total. The summed E-state index contributed by atoms with van der Waals surface area (Å²) in [6.45, 7) is 1.60. The fraction of sp³-hybridized carbons (Fsp3) is 0.143. The molecule has 3 rings (SSSR count). The van der Waals surface area contributed by atoms with E-state index >= 15 is 0 Å². The third-order valence-electron chi connectivity index (χ3n) is 3.01. The number of nitrogens with zero attached hydrogens (tertiary/aromatic N) is 2. The van der Waals surface area contributed by atoms with Crippen LogP contribution in [0.25, 0.3) is 11.4 Å². The minimum atomic E-state index is -3.63. The lowest BCUT2D eigenvalue weighted by molar-refractivity contribution is 0.354. The summed E-state index contributed by atoms with van der Waals surface area (Å²) in [6, 6.07) is 8.09. The molecule has 1 aromatic carbocycles. The molecule has 0 saturated heterocycles. The van der Waals surface area contributed by atoms with E-state index in [0.29, 0.717) is 5.56 Å². The van der Waals surface area contributed by atoms with Crippen LogP contribution in [0.2, 0.25) is 0 Å². The Morgan fingerprint density at radius 3 is 2.65 bits per heavy atom. The standard InChI is InChI=1S/C14H12FN3O3S2/c1-9(18-23(19,20)12-3-2-8-22-12)14-16-13(17-21-14)10-4-6-11(15)7-5-10/h2-9,18H,1H3. The summed E-state index contributed by atoms with van der Waals surface area (Å²) in [7, 11) is -3.63. The van der Waals surface area contributed by atoms with Gasteiger partial charge in [-0.2, -0.15) is 9.71 Å². The van der Waals surface area contributed by atoms with E-state index in [0.717, 1.165) is 11.3 Å². The van der Waals surface area contributed by atoms with Crippen LogP contribution in [-0.2, 0) is 10.0 Å². The quantitative estimate of drug-likeness (QED) is 0.762. The van der Waals surface area contributed by atoms with Crippen LogP contribution in [-0.4, -0.2) is 18.6 Å². The highest BCUT2D eigenvalue weighted by atomic mass is 32.2. The third-order valence-corrected chi connectivity index (χ3v) is 5.94. The Balaban J connectivity index is 1.79. The zero-order chi connectivity index (χ0) is 16.4. The van der Waals surface area contributed by atoms with E-state index in [-0.39, 0.29) is 21.7 Å². The number of halogens is 1. The second-order valence-electron chi connectivity index (χ2n) is 4.74. The van der Waals surface area contributed by atoms with Crippen molar-refractivity contribution in [2.75, 3.05) is 0 Å². The summed E-state index contributed by atoms with van der Waals surface area (Å²) >= 11 is 1.12. The molecule has 9 heteroatoms. The molecule has 1 atom stereocenters. The monoisotopic (exact) mass is 353 g/mol. The van der Waals surface area contributed by atoms with Gasteiger partial charge in [0.25, 0.3) is 10.0 Å². The van der Waals surface area contributed by atoms with Crippen LogP contribution in [0.5, 0.6) is 0 Å².